The molecule has 2 aromatic rings. The predicted molar refractivity (Wildman–Crippen MR) is 82.6 cm³/mol. The normalized spacial score (nSPS) is 12.9. The highest BCUT2D eigenvalue weighted by molar-refractivity contribution is 9.10. The Balaban J connectivity index is 1.89. The van der Waals surface area contributed by atoms with E-state index in [-0.39, 0.29) is 18.1 Å². The van der Waals surface area contributed by atoms with Crippen LogP contribution in [0.5, 0.6) is 5.75 Å². The van der Waals surface area contributed by atoms with Crippen molar-refractivity contribution in [2.45, 2.75) is 0 Å². The van der Waals surface area contributed by atoms with Crippen molar-refractivity contribution in [3.63, 3.8) is 0 Å². The lowest BCUT2D eigenvalue weighted by Crippen LogP contribution is -2.26. The molecule has 0 saturated carbocycles. The van der Waals surface area contributed by atoms with E-state index in [1.807, 2.05) is 0 Å². The molecule has 5 nitrogen and oxygen atoms in total. The van der Waals surface area contributed by atoms with Gasteiger partial charge >= 0.3 is 0 Å². The number of benzene rings is 2. The van der Waals surface area contributed by atoms with Gasteiger partial charge in [0.15, 0.2) is 12.4 Å². The van der Waals surface area contributed by atoms with Crippen LogP contribution in [0.1, 0.15) is 10.4 Å². The monoisotopic (exact) mass is 364 g/mol. The zero-order valence-corrected chi connectivity index (χ0v) is 12.7. The Bertz CT molecular complexity index is 759. The number of hydrogen-bond acceptors (Lipinski definition) is 3. The van der Waals surface area contributed by atoms with E-state index in [4.69, 9.17) is 4.74 Å². The average molecular weight is 365 g/mol. The number of nitrogens with one attached hydrogen (secondary N) is 2. The summed E-state index contributed by atoms with van der Waals surface area (Å²) in [6.07, 6.45) is 0. The van der Waals surface area contributed by atoms with Gasteiger partial charge in [-0.25, -0.2) is 4.39 Å². The molecule has 1 aliphatic rings. The first-order valence-electron chi connectivity index (χ1n) is 6.36. The molecule has 22 heavy (non-hydrogen) atoms. The van der Waals surface area contributed by atoms with Crippen LogP contribution in [-0.2, 0) is 4.79 Å². The van der Waals surface area contributed by atoms with Gasteiger partial charge in [-0.15, -0.1) is 0 Å². The lowest BCUT2D eigenvalue weighted by atomic mass is 10.2. The highest BCUT2D eigenvalue weighted by Crippen LogP contribution is 2.35. The highest BCUT2D eigenvalue weighted by Gasteiger charge is 2.20. The lowest BCUT2D eigenvalue weighted by Gasteiger charge is -2.20. The predicted octanol–water partition coefficient (Wildman–Crippen LogP) is 3.17. The maximum Gasteiger partial charge on any atom is 0.262 e. The third-order valence-corrected chi connectivity index (χ3v) is 3.47. The van der Waals surface area contributed by atoms with Gasteiger partial charge in [0, 0.05) is 10.0 Å². The molecule has 2 aromatic carbocycles. The molecular weight excluding hydrogens is 355 g/mol. The van der Waals surface area contributed by atoms with Gasteiger partial charge in [0.25, 0.3) is 11.8 Å². The van der Waals surface area contributed by atoms with Crippen molar-refractivity contribution < 1.29 is 18.7 Å². The van der Waals surface area contributed by atoms with E-state index < -0.39 is 11.7 Å². The van der Waals surface area contributed by atoms with E-state index in [1.54, 1.807) is 18.2 Å². The number of carbonyl (C=O) groups excluding carboxylic acids is 2. The van der Waals surface area contributed by atoms with Crippen molar-refractivity contribution in [3.05, 3.63) is 52.3 Å². The molecule has 3 rings (SSSR count). The molecule has 2 amide bonds. The van der Waals surface area contributed by atoms with Gasteiger partial charge in [-0.2, -0.15) is 0 Å². The SMILES string of the molecule is O=C1COc2c(cccc2NC(=O)c2cc(F)cc(Br)c2)N1. The zero-order chi connectivity index (χ0) is 15.7. The topological polar surface area (TPSA) is 67.4 Å². The van der Waals surface area contributed by atoms with Gasteiger partial charge < -0.3 is 15.4 Å². The molecule has 0 saturated heterocycles. The number of carbonyl (C=O) groups is 2. The summed E-state index contributed by atoms with van der Waals surface area (Å²) in [5.74, 6) is -0.872. The van der Waals surface area contributed by atoms with Crippen LogP contribution in [-0.4, -0.2) is 18.4 Å². The molecule has 0 bridgehead atoms. The summed E-state index contributed by atoms with van der Waals surface area (Å²) in [6.45, 7) is -0.120. The van der Waals surface area contributed by atoms with Gasteiger partial charge in [0.05, 0.1) is 11.4 Å². The van der Waals surface area contributed by atoms with Gasteiger partial charge in [0.1, 0.15) is 5.82 Å². The number of amides is 2. The summed E-state index contributed by atoms with van der Waals surface area (Å²) in [5.41, 5.74) is 1.06. The van der Waals surface area contributed by atoms with Crippen molar-refractivity contribution in [3.8, 4) is 5.75 Å². The quantitative estimate of drug-likeness (QED) is 0.859. The Labute approximate surface area is 133 Å². The minimum Gasteiger partial charge on any atom is -0.479 e. The second-order valence-electron chi connectivity index (χ2n) is 4.63. The standard InChI is InChI=1S/C15H10BrFN2O3/c16-9-4-8(5-10(17)6-9)15(21)19-12-3-1-2-11-14(12)22-7-13(20)18-11/h1-6H,7H2,(H,18,20)(H,19,21). The smallest absolute Gasteiger partial charge is 0.262 e. The molecule has 0 aliphatic carbocycles. The van der Waals surface area contributed by atoms with Crippen LogP contribution < -0.4 is 15.4 Å². The molecule has 2 N–H and O–H groups in total. The van der Waals surface area contributed by atoms with E-state index in [2.05, 4.69) is 26.6 Å². The van der Waals surface area contributed by atoms with Crippen LogP contribution in [0.25, 0.3) is 0 Å². The minimum absolute atomic E-state index is 0.120. The van der Waals surface area contributed by atoms with E-state index >= 15 is 0 Å². The number of para-hydroxylation sites is 1. The van der Waals surface area contributed by atoms with E-state index in [0.29, 0.717) is 21.6 Å². The van der Waals surface area contributed by atoms with Crippen LogP contribution in [0.3, 0.4) is 0 Å². The fourth-order valence-corrected chi connectivity index (χ4v) is 2.56. The van der Waals surface area contributed by atoms with Crippen molar-refractivity contribution in [1.82, 2.24) is 0 Å². The number of fused-ring (bicyclic) bond motifs is 1. The second kappa shape index (κ2) is 5.76. The molecule has 7 heteroatoms. The summed E-state index contributed by atoms with van der Waals surface area (Å²) >= 11 is 3.14. The molecule has 0 fully saturated rings. The average Bonchev–Trinajstić information content (AvgIpc) is 2.46. The lowest BCUT2D eigenvalue weighted by molar-refractivity contribution is -0.118. The van der Waals surface area contributed by atoms with Crippen LogP contribution in [0.4, 0.5) is 15.8 Å². The number of hydrogen-bond donors (Lipinski definition) is 2. The van der Waals surface area contributed by atoms with Crippen LogP contribution in [0.2, 0.25) is 0 Å². The molecule has 0 unspecified atom stereocenters. The van der Waals surface area contributed by atoms with Crippen molar-refractivity contribution >= 4 is 39.1 Å². The molecule has 0 spiro atoms. The van der Waals surface area contributed by atoms with Crippen LogP contribution >= 0.6 is 15.9 Å². The van der Waals surface area contributed by atoms with Gasteiger partial charge in [-0.05, 0) is 30.3 Å². The Morgan fingerprint density at radius 2 is 2.14 bits per heavy atom. The van der Waals surface area contributed by atoms with Crippen molar-refractivity contribution in [2.75, 3.05) is 17.2 Å². The first-order valence-corrected chi connectivity index (χ1v) is 7.15. The van der Waals surface area contributed by atoms with Crippen LogP contribution in [0.15, 0.2) is 40.9 Å². The highest BCUT2D eigenvalue weighted by atomic mass is 79.9. The van der Waals surface area contributed by atoms with Crippen molar-refractivity contribution in [2.24, 2.45) is 0 Å². The largest absolute Gasteiger partial charge is 0.479 e. The molecule has 1 aliphatic heterocycles. The first kappa shape index (κ1) is 14.5. The summed E-state index contributed by atoms with van der Waals surface area (Å²) in [4.78, 5) is 23.5. The Morgan fingerprint density at radius 1 is 1.32 bits per heavy atom. The molecular formula is C15H10BrFN2O3. The van der Waals surface area contributed by atoms with E-state index in [1.165, 1.54) is 12.1 Å². The number of ether oxygens (including phenoxy) is 1. The third kappa shape index (κ3) is 2.94. The zero-order valence-electron chi connectivity index (χ0n) is 11.2. The summed E-state index contributed by atoms with van der Waals surface area (Å²) in [5, 5.41) is 5.30. The van der Waals surface area contributed by atoms with E-state index in [9.17, 15) is 14.0 Å². The van der Waals surface area contributed by atoms with Gasteiger partial charge in [-0.3, -0.25) is 9.59 Å². The summed E-state index contributed by atoms with van der Waals surface area (Å²) < 4.78 is 19.2. The molecule has 0 radical (unpaired) electrons. The maximum absolute atomic E-state index is 13.4. The third-order valence-electron chi connectivity index (χ3n) is 3.01. The number of anilines is 2. The number of halogens is 2. The molecule has 0 aromatic heterocycles. The van der Waals surface area contributed by atoms with Crippen molar-refractivity contribution in [1.29, 1.82) is 0 Å². The first-order chi connectivity index (χ1) is 10.5. The molecule has 112 valence electrons. The van der Waals surface area contributed by atoms with Crippen LogP contribution in [0, 0.1) is 5.82 Å². The molecule has 1 heterocycles. The Hall–Kier alpha value is -2.41. The fourth-order valence-electron chi connectivity index (χ4n) is 2.09. The summed E-state index contributed by atoms with van der Waals surface area (Å²) in [7, 11) is 0. The van der Waals surface area contributed by atoms with E-state index in [0.717, 1.165) is 6.07 Å². The second-order valence-corrected chi connectivity index (χ2v) is 5.55. The van der Waals surface area contributed by atoms with Gasteiger partial charge in [0.2, 0.25) is 0 Å². The van der Waals surface area contributed by atoms with Gasteiger partial charge in [-0.1, -0.05) is 22.0 Å². The minimum atomic E-state index is -0.516. The Kier molecular flexibility index (Phi) is 3.81. The number of rotatable bonds is 2. The summed E-state index contributed by atoms with van der Waals surface area (Å²) in [6, 6.07) is 8.89. The maximum atomic E-state index is 13.4. The molecule has 0 atom stereocenters. The Morgan fingerprint density at radius 3 is 2.91 bits per heavy atom. The fraction of sp³-hybridized carbons (Fsp3) is 0.0667.